The van der Waals surface area contributed by atoms with Gasteiger partial charge in [-0.1, -0.05) is 0 Å². The van der Waals surface area contributed by atoms with E-state index < -0.39 is 22.8 Å². The zero-order valence-corrected chi connectivity index (χ0v) is 11.4. The van der Waals surface area contributed by atoms with E-state index in [0.717, 1.165) is 0 Å². The molecule has 20 heavy (non-hydrogen) atoms. The summed E-state index contributed by atoms with van der Waals surface area (Å²) in [5, 5.41) is 10.7. The first-order valence-corrected chi connectivity index (χ1v) is 5.90. The zero-order valence-electron chi connectivity index (χ0n) is 11.4. The summed E-state index contributed by atoms with van der Waals surface area (Å²) in [5.41, 5.74) is 0.0956. The molecule has 0 spiro atoms. The molecule has 0 amide bonds. The summed E-state index contributed by atoms with van der Waals surface area (Å²) >= 11 is 0. The first-order valence-electron chi connectivity index (χ1n) is 5.90. The Bertz CT molecular complexity index is 538. The number of rotatable bonds is 6. The Morgan fingerprint density at radius 2 is 2.00 bits per heavy atom. The summed E-state index contributed by atoms with van der Waals surface area (Å²) in [6.07, 6.45) is -0.713. The summed E-state index contributed by atoms with van der Waals surface area (Å²) < 4.78 is 9.79. The molecule has 0 aromatic heterocycles. The van der Waals surface area contributed by atoms with E-state index in [9.17, 15) is 19.7 Å². The van der Waals surface area contributed by atoms with E-state index in [1.54, 1.807) is 13.8 Å². The third-order valence-corrected chi connectivity index (χ3v) is 2.40. The molecule has 0 radical (unpaired) electrons. The number of hydrogen-bond acceptors (Lipinski definition) is 6. The van der Waals surface area contributed by atoms with E-state index in [1.165, 1.54) is 25.3 Å². The molecule has 0 aliphatic rings. The van der Waals surface area contributed by atoms with Gasteiger partial charge < -0.3 is 9.47 Å². The van der Waals surface area contributed by atoms with Gasteiger partial charge in [0.25, 0.3) is 5.69 Å². The van der Waals surface area contributed by atoms with E-state index in [2.05, 4.69) is 0 Å². The molecule has 7 nitrogen and oxygen atoms in total. The van der Waals surface area contributed by atoms with Crippen molar-refractivity contribution >= 4 is 17.4 Å². The number of esters is 1. The van der Waals surface area contributed by atoms with Gasteiger partial charge in [0.15, 0.2) is 0 Å². The number of methoxy groups -OCH3 is 1. The Hall–Kier alpha value is -2.44. The molecule has 0 N–H and O–H groups in total. The molecule has 1 aromatic rings. The Morgan fingerprint density at radius 1 is 1.35 bits per heavy atom. The molecule has 108 valence electrons. The maximum Gasteiger partial charge on any atom is 0.375 e. The second-order valence-corrected chi connectivity index (χ2v) is 4.31. The SMILES string of the molecule is COc1ccc([N+](=O)[O-])cc1CC(=O)C(=O)OC(C)C. The summed E-state index contributed by atoms with van der Waals surface area (Å²) in [7, 11) is 1.38. The van der Waals surface area contributed by atoms with E-state index in [0.29, 0.717) is 5.75 Å². The van der Waals surface area contributed by atoms with Crippen molar-refractivity contribution in [1.82, 2.24) is 0 Å². The Kier molecular flexibility index (Phi) is 5.19. The van der Waals surface area contributed by atoms with Crippen LogP contribution in [0.4, 0.5) is 5.69 Å². The van der Waals surface area contributed by atoms with Crippen LogP contribution in [0.25, 0.3) is 0 Å². The van der Waals surface area contributed by atoms with Crippen molar-refractivity contribution in [3.05, 3.63) is 33.9 Å². The first kappa shape index (κ1) is 15.6. The van der Waals surface area contributed by atoms with Crippen molar-refractivity contribution in [3.63, 3.8) is 0 Å². The summed E-state index contributed by atoms with van der Waals surface area (Å²) in [6.45, 7) is 3.25. The topological polar surface area (TPSA) is 95.7 Å². The van der Waals surface area contributed by atoms with Crippen LogP contribution in [0.3, 0.4) is 0 Å². The van der Waals surface area contributed by atoms with Crippen LogP contribution in [0, 0.1) is 10.1 Å². The number of nitro groups is 1. The minimum absolute atomic E-state index is 0.175. The number of nitrogens with zero attached hydrogens (tertiary/aromatic N) is 1. The van der Waals surface area contributed by atoms with Gasteiger partial charge in [0.05, 0.1) is 18.1 Å². The molecule has 0 bridgehead atoms. The van der Waals surface area contributed by atoms with Crippen molar-refractivity contribution in [2.24, 2.45) is 0 Å². The smallest absolute Gasteiger partial charge is 0.375 e. The number of benzene rings is 1. The van der Waals surface area contributed by atoms with Crippen molar-refractivity contribution in [2.75, 3.05) is 7.11 Å². The van der Waals surface area contributed by atoms with Crippen LogP contribution in [0.1, 0.15) is 19.4 Å². The Labute approximate surface area is 115 Å². The average Bonchev–Trinajstić information content (AvgIpc) is 2.37. The van der Waals surface area contributed by atoms with E-state index in [4.69, 9.17) is 9.47 Å². The molecule has 1 rings (SSSR count). The largest absolute Gasteiger partial charge is 0.496 e. The monoisotopic (exact) mass is 281 g/mol. The minimum atomic E-state index is -0.964. The van der Waals surface area contributed by atoms with Gasteiger partial charge in [0.1, 0.15) is 5.75 Å². The van der Waals surface area contributed by atoms with Gasteiger partial charge in [0, 0.05) is 24.1 Å². The van der Waals surface area contributed by atoms with Gasteiger partial charge in [-0.3, -0.25) is 14.9 Å². The lowest BCUT2D eigenvalue weighted by atomic mass is 10.1. The lowest BCUT2D eigenvalue weighted by Gasteiger charge is -2.09. The third-order valence-electron chi connectivity index (χ3n) is 2.40. The van der Waals surface area contributed by atoms with Crippen LogP contribution < -0.4 is 4.74 Å². The minimum Gasteiger partial charge on any atom is -0.496 e. The number of carbonyl (C=O) groups is 2. The van der Waals surface area contributed by atoms with Gasteiger partial charge in [-0.25, -0.2) is 4.79 Å². The Balaban J connectivity index is 2.95. The van der Waals surface area contributed by atoms with E-state index >= 15 is 0 Å². The predicted octanol–water partition coefficient (Wildman–Crippen LogP) is 1.67. The van der Waals surface area contributed by atoms with Gasteiger partial charge in [-0.2, -0.15) is 0 Å². The van der Waals surface area contributed by atoms with E-state index in [-0.39, 0.29) is 17.7 Å². The second-order valence-electron chi connectivity index (χ2n) is 4.31. The molecular weight excluding hydrogens is 266 g/mol. The van der Waals surface area contributed by atoms with E-state index in [1.807, 2.05) is 0 Å². The fourth-order valence-corrected chi connectivity index (χ4v) is 1.54. The maximum absolute atomic E-state index is 11.7. The number of Topliss-reactive ketones (excluding diaryl/α,β-unsaturated/α-hetero) is 1. The van der Waals surface area contributed by atoms with Gasteiger partial charge >= 0.3 is 5.97 Å². The highest BCUT2D eigenvalue weighted by Crippen LogP contribution is 2.24. The predicted molar refractivity (Wildman–Crippen MR) is 69.6 cm³/mol. The molecule has 7 heteroatoms. The number of carbonyl (C=O) groups excluding carboxylic acids is 2. The van der Waals surface area contributed by atoms with Crippen molar-refractivity contribution in [2.45, 2.75) is 26.4 Å². The number of nitro benzene ring substituents is 1. The summed E-state index contributed by atoms with van der Waals surface area (Å²) in [6, 6.07) is 3.85. The first-order chi connectivity index (χ1) is 9.35. The fraction of sp³-hybridized carbons (Fsp3) is 0.385. The van der Waals surface area contributed by atoms with Gasteiger partial charge in [-0.15, -0.1) is 0 Å². The molecule has 0 aliphatic heterocycles. The molecule has 0 saturated heterocycles. The normalized spacial score (nSPS) is 10.2. The highest BCUT2D eigenvalue weighted by molar-refractivity contribution is 6.34. The third kappa shape index (κ3) is 4.04. The van der Waals surface area contributed by atoms with Crippen LogP contribution >= 0.6 is 0 Å². The van der Waals surface area contributed by atoms with Crippen LogP contribution in [0.2, 0.25) is 0 Å². The van der Waals surface area contributed by atoms with Crippen molar-refractivity contribution < 1.29 is 24.0 Å². The highest BCUT2D eigenvalue weighted by atomic mass is 16.6. The quantitative estimate of drug-likeness (QED) is 0.340. The number of ether oxygens (including phenoxy) is 2. The molecule has 0 aliphatic carbocycles. The average molecular weight is 281 g/mol. The maximum atomic E-state index is 11.7. The van der Waals surface area contributed by atoms with Gasteiger partial charge in [0.2, 0.25) is 5.78 Å². The molecule has 0 fully saturated rings. The molecule has 1 aromatic carbocycles. The van der Waals surface area contributed by atoms with Crippen LogP contribution in [0.15, 0.2) is 18.2 Å². The zero-order chi connectivity index (χ0) is 15.3. The fourth-order valence-electron chi connectivity index (χ4n) is 1.54. The molecule has 0 atom stereocenters. The number of non-ortho nitro benzene ring substituents is 1. The standard InChI is InChI=1S/C13H15NO6/c1-8(2)20-13(16)11(15)7-9-6-10(14(17)18)4-5-12(9)19-3/h4-6,8H,7H2,1-3H3. The lowest BCUT2D eigenvalue weighted by molar-refractivity contribution is -0.384. The molecular formula is C13H15NO6. The van der Waals surface area contributed by atoms with Crippen molar-refractivity contribution in [3.8, 4) is 5.75 Å². The summed E-state index contributed by atoms with van der Waals surface area (Å²) in [5.74, 6) is -1.44. The molecule has 0 unspecified atom stereocenters. The summed E-state index contributed by atoms with van der Waals surface area (Å²) in [4.78, 5) is 33.2. The van der Waals surface area contributed by atoms with Gasteiger partial charge in [-0.05, 0) is 19.9 Å². The molecule has 0 saturated carbocycles. The lowest BCUT2D eigenvalue weighted by Crippen LogP contribution is -2.22. The second kappa shape index (κ2) is 6.65. The number of ketones is 1. The molecule has 0 heterocycles. The Morgan fingerprint density at radius 3 is 2.50 bits per heavy atom. The van der Waals surface area contributed by atoms with Crippen LogP contribution in [-0.2, 0) is 20.7 Å². The van der Waals surface area contributed by atoms with Crippen molar-refractivity contribution in [1.29, 1.82) is 0 Å². The van der Waals surface area contributed by atoms with Crippen LogP contribution in [0.5, 0.6) is 5.75 Å². The van der Waals surface area contributed by atoms with Crippen LogP contribution in [-0.4, -0.2) is 29.9 Å². The number of hydrogen-bond donors (Lipinski definition) is 0. The highest BCUT2D eigenvalue weighted by Gasteiger charge is 2.21.